The van der Waals surface area contributed by atoms with Crippen molar-refractivity contribution in [3.05, 3.63) is 64.9 Å². The lowest BCUT2D eigenvalue weighted by molar-refractivity contribution is -0.111. The second kappa shape index (κ2) is 6.21. The average molecular weight is 291 g/mol. The number of amides is 1. The quantitative estimate of drug-likeness (QED) is 0.669. The molecular formula is C15H12ClFN2O. The molecule has 2 rings (SSSR count). The second-order valence-electron chi connectivity index (χ2n) is 4.09. The second-order valence-corrected chi connectivity index (χ2v) is 4.50. The van der Waals surface area contributed by atoms with Crippen LogP contribution in [-0.2, 0) is 4.79 Å². The predicted molar refractivity (Wildman–Crippen MR) is 79.9 cm³/mol. The van der Waals surface area contributed by atoms with Gasteiger partial charge in [-0.1, -0.05) is 29.8 Å². The van der Waals surface area contributed by atoms with Gasteiger partial charge in [0.15, 0.2) is 5.82 Å². The van der Waals surface area contributed by atoms with Gasteiger partial charge >= 0.3 is 0 Å². The summed E-state index contributed by atoms with van der Waals surface area (Å²) in [5, 5.41) is 2.38. The minimum Gasteiger partial charge on any atom is -0.399 e. The lowest BCUT2D eigenvalue weighted by Crippen LogP contribution is -2.09. The Bertz CT molecular complexity index is 671. The Kier molecular flexibility index (Phi) is 4.38. The zero-order chi connectivity index (χ0) is 14.5. The van der Waals surface area contributed by atoms with Gasteiger partial charge in [0.2, 0.25) is 5.91 Å². The Balaban J connectivity index is 2.08. The molecule has 0 unspecified atom stereocenters. The number of rotatable bonds is 3. The number of hydrogen-bond acceptors (Lipinski definition) is 2. The number of halogens is 2. The van der Waals surface area contributed by atoms with Gasteiger partial charge in [-0.3, -0.25) is 4.79 Å². The first-order valence-electron chi connectivity index (χ1n) is 5.85. The number of hydrogen-bond donors (Lipinski definition) is 2. The highest BCUT2D eigenvalue weighted by Crippen LogP contribution is 2.21. The van der Waals surface area contributed by atoms with E-state index in [1.54, 1.807) is 36.4 Å². The highest BCUT2D eigenvalue weighted by molar-refractivity contribution is 6.31. The molecule has 20 heavy (non-hydrogen) atoms. The van der Waals surface area contributed by atoms with Gasteiger partial charge in [0.25, 0.3) is 0 Å². The third-order valence-electron chi connectivity index (χ3n) is 2.55. The summed E-state index contributed by atoms with van der Waals surface area (Å²) in [5.41, 5.74) is 7.06. The number of benzene rings is 2. The lowest BCUT2D eigenvalue weighted by Gasteiger charge is -2.04. The number of carbonyl (C=O) groups is 1. The summed E-state index contributed by atoms with van der Waals surface area (Å²) in [6.07, 6.45) is 2.89. The van der Waals surface area contributed by atoms with E-state index in [1.165, 1.54) is 18.2 Å². The maximum absolute atomic E-state index is 13.6. The normalized spacial score (nSPS) is 10.7. The Morgan fingerprint density at radius 2 is 2.00 bits per heavy atom. The number of nitrogens with two attached hydrogens (primary N) is 1. The maximum atomic E-state index is 13.6. The SMILES string of the molecule is Nc1cccc(/C=C/C(=O)Nc2cccc(Cl)c2F)c1. The van der Waals surface area contributed by atoms with Crippen molar-refractivity contribution in [3.8, 4) is 0 Å². The van der Waals surface area contributed by atoms with Gasteiger partial charge in [-0.2, -0.15) is 0 Å². The Hall–Kier alpha value is -2.33. The van der Waals surface area contributed by atoms with E-state index >= 15 is 0 Å². The smallest absolute Gasteiger partial charge is 0.248 e. The van der Waals surface area contributed by atoms with E-state index in [0.717, 1.165) is 5.56 Å². The van der Waals surface area contributed by atoms with E-state index < -0.39 is 11.7 Å². The molecule has 0 spiro atoms. The monoisotopic (exact) mass is 290 g/mol. The number of anilines is 2. The number of nitrogen functional groups attached to an aromatic ring is 1. The molecule has 1 amide bonds. The van der Waals surface area contributed by atoms with E-state index in [2.05, 4.69) is 5.32 Å². The van der Waals surface area contributed by atoms with Crippen molar-refractivity contribution < 1.29 is 9.18 Å². The van der Waals surface area contributed by atoms with Crippen molar-refractivity contribution in [2.45, 2.75) is 0 Å². The van der Waals surface area contributed by atoms with Crippen molar-refractivity contribution in [2.75, 3.05) is 11.1 Å². The third kappa shape index (κ3) is 3.59. The Labute approximate surface area is 120 Å². The van der Waals surface area contributed by atoms with E-state index in [9.17, 15) is 9.18 Å². The van der Waals surface area contributed by atoms with Crippen molar-refractivity contribution in [1.29, 1.82) is 0 Å². The summed E-state index contributed by atoms with van der Waals surface area (Å²) in [7, 11) is 0. The van der Waals surface area contributed by atoms with E-state index in [0.29, 0.717) is 5.69 Å². The van der Waals surface area contributed by atoms with Crippen LogP contribution in [0.2, 0.25) is 5.02 Å². The topological polar surface area (TPSA) is 55.1 Å². The molecule has 5 heteroatoms. The van der Waals surface area contributed by atoms with Gasteiger partial charge in [0.1, 0.15) is 0 Å². The predicted octanol–water partition coefficient (Wildman–Crippen LogP) is 3.71. The molecule has 0 saturated carbocycles. The molecule has 0 heterocycles. The molecule has 3 N–H and O–H groups in total. The summed E-state index contributed by atoms with van der Waals surface area (Å²) >= 11 is 5.63. The fourth-order valence-electron chi connectivity index (χ4n) is 1.61. The molecule has 0 atom stereocenters. The van der Waals surface area contributed by atoms with Crippen molar-refractivity contribution >= 4 is 35.0 Å². The van der Waals surface area contributed by atoms with E-state index in [1.807, 2.05) is 0 Å². The van der Waals surface area contributed by atoms with Crippen LogP contribution in [0.4, 0.5) is 15.8 Å². The van der Waals surface area contributed by atoms with Crippen LogP contribution in [0.15, 0.2) is 48.5 Å². The van der Waals surface area contributed by atoms with Crippen molar-refractivity contribution in [1.82, 2.24) is 0 Å². The molecule has 0 fully saturated rings. The molecule has 0 aliphatic heterocycles. The largest absolute Gasteiger partial charge is 0.399 e. The average Bonchev–Trinajstić information content (AvgIpc) is 2.42. The lowest BCUT2D eigenvalue weighted by atomic mass is 10.2. The van der Waals surface area contributed by atoms with Crippen molar-refractivity contribution in [3.63, 3.8) is 0 Å². The van der Waals surface area contributed by atoms with Crippen LogP contribution in [0.1, 0.15) is 5.56 Å². The molecule has 102 valence electrons. The minimum absolute atomic E-state index is 0.0392. The molecule has 3 nitrogen and oxygen atoms in total. The first kappa shape index (κ1) is 14.1. The van der Waals surface area contributed by atoms with Gasteiger partial charge in [-0.25, -0.2) is 4.39 Å². The van der Waals surface area contributed by atoms with Crippen LogP contribution in [0.25, 0.3) is 6.08 Å². The van der Waals surface area contributed by atoms with E-state index in [-0.39, 0.29) is 10.7 Å². The van der Waals surface area contributed by atoms with Gasteiger partial charge < -0.3 is 11.1 Å². The van der Waals surface area contributed by atoms with Crippen LogP contribution in [0.5, 0.6) is 0 Å². The van der Waals surface area contributed by atoms with Crippen LogP contribution in [0.3, 0.4) is 0 Å². The Morgan fingerprint density at radius 1 is 1.25 bits per heavy atom. The molecule has 0 aromatic heterocycles. The Morgan fingerprint density at radius 3 is 2.75 bits per heavy atom. The highest BCUT2D eigenvalue weighted by atomic mass is 35.5. The van der Waals surface area contributed by atoms with Crippen LogP contribution in [-0.4, -0.2) is 5.91 Å². The summed E-state index contributed by atoms with van der Waals surface area (Å²) in [5.74, 6) is -1.10. The van der Waals surface area contributed by atoms with Gasteiger partial charge in [0.05, 0.1) is 10.7 Å². The summed E-state index contributed by atoms with van der Waals surface area (Å²) in [4.78, 5) is 11.7. The number of carbonyl (C=O) groups excluding carboxylic acids is 1. The molecular weight excluding hydrogens is 279 g/mol. The molecule has 0 aliphatic carbocycles. The van der Waals surface area contributed by atoms with Crippen LogP contribution >= 0.6 is 11.6 Å². The highest BCUT2D eigenvalue weighted by Gasteiger charge is 2.07. The van der Waals surface area contributed by atoms with Gasteiger partial charge in [-0.15, -0.1) is 0 Å². The van der Waals surface area contributed by atoms with Gasteiger partial charge in [0, 0.05) is 11.8 Å². The standard InChI is InChI=1S/C15H12ClFN2O/c16-12-5-2-6-13(15(12)17)19-14(20)8-7-10-3-1-4-11(18)9-10/h1-9H,18H2,(H,19,20)/b8-7+. The zero-order valence-electron chi connectivity index (χ0n) is 10.4. The summed E-state index contributed by atoms with van der Waals surface area (Å²) < 4.78 is 13.6. The van der Waals surface area contributed by atoms with Crippen LogP contribution < -0.4 is 11.1 Å². The molecule has 0 bridgehead atoms. The summed E-state index contributed by atoms with van der Waals surface area (Å²) in [6.45, 7) is 0. The summed E-state index contributed by atoms with van der Waals surface area (Å²) in [6, 6.07) is 11.5. The molecule has 0 radical (unpaired) electrons. The van der Waals surface area contributed by atoms with E-state index in [4.69, 9.17) is 17.3 Å². The molecule has 0 aliphatic rings. The van der Waals surface area contributed by atoms with Crippen LogP contribution in [0, 0.1) is 5.82 Å². The zero-order valence-corrected chi connectivity index (χ0v) is 11.2. The van der Waals surface area contributed by atoms with Gasteiger partial charge in [-0.05, 0) is 35.9 Å². The minimum atomic E-state index is -0.653. The first-order chi connectivity index (χ1) is 9.56. The fourth-order valence-corrected chi connectivity index (χ4v) is 1.78. The third-order valence-corrected chi connectivity index (χ3v) is 2.84. The fraction of sp³-hybridized carbons (Fsp3) is 0. The molecule has 2 aromatic rings. The number of nitrogens with one attached hydrogen (secondary N) is 1. The maximum Gasteiger partial charge on any atom is 0.248 e. The molecule has 2 aromatic carbocycles. The van der Waals surface area contributed by atoms with Crippen molar-refractivity contribution in [2.24, 2.45) is 0 Å². The first-order valence-corrected chi connectivity index (χ1v) is 6.22. The molecule has 0 saturated heterocycles.